The summed E-state index contributed by atoms with van der Waals surface area (Å²) in [5.74, 6) is 1.74. The molecular weight excluding hydrogens is 344 g/mol. The summed E-state index contributed by atoms with van der Waals surface area (Å²) >= 11 is 1.80. The molecule has 0 amide bonds. The molecule has 0 aliphatic heterocycles. The first-order valence-corrected chi connectivity index (χ1v) is 9.49. The average Bonchev–Trinajstić information content (AvgIpc) is 2.62. The van der Waals surface area contributed by atoms with Crippen LogP contribution in [0.4, 0.5) is 5.69 Å². The fourth-order valence-electron chi connectivity index (χ4n) is 1.90. The number of aliphatic hydroxyl groups is 1. The van der Waals surface area contributed by atoms with Crippen LogP contribution in [0.25, 0.3) is 0 Å². The van der Waals surface area contributed by atoms with Gasteiger partial charge in [0.25, 0.3) is 5.69 Å². The van der Waals surface area contributed by atoms with Gasteiger partial charge in [-0.25, -0.2) is 4.99 Å². The van der Waals surface area contributed by atoms with Crippen LogP contribution < -0.4 is 10.6 Å². The molecule has 0 bridgehead atoms. The first kappa shape index (κ1) is 21.2. The number of hydrogen-bond acceptors (Lipinski definition) is 6. The summed E-state index contributed by atoms with van der Waals surface area (Å²) in [5, 5.41) is 25.8. The predicted molar refractivity (Wildman–Crippen MR) is 101 cm³/mol. The van der Waals surface area contributed by atoms with Crippen LogP contribution in [-0.4, -0.2) is 60.9 Å². The Labute approximate surface area is 152 Å². The molecule has 0 radical (unpaired) electrons. The molecule has 0 aliphatic rings. The second kappa shape index (κ2) is 13.5. The lowest BCUT2D eigenvalue weighted by Gasteiger charge is -2.12. The number of rotatable bonds is 12. The van der Waals surface area contributed by atoms with Crippen molar-refractivity contribution in [3.63, 3.8) is 0 Å². The van der Waals surface area contributed by atoms with Crippen LogP contribution in [0.15, 0.2) is 29.3 Å². The minimum Gasteiger partial charge on any atom is -0.394 e. The van der Waals surface area contributed by atoms with Gasteiger partial charge in [-0.05, 0) is 24.0 Å². The SMILES string of the molecule is CSCCCNC(=NCc1ccc([N+](=O)[O-])cc1)NCCOCCO. The van der Waals surface area contributed by atoms with Crippen molar-refractivity contribution in [1.82, 2.24) is 10.6 Å². The molecule has 0 spiro atoms. The van der Waals surface area contributed by atoms with E-state index in [1.165, 1.54) is 12.1 Å². The molecule has 0 unspecified atom stereocenters. The van der Waals surface area contributed by atoms with E-state index >= 15 is 0 Å². The smallest absolute Gasteiger partial charge is 0.269 e. The number of thioether (sulfide) groups is 1. The van der Waals surface area contributed by atoms with E-state index in [0.29, 0.717) is 32.3 Å². The number of hydrogen-bond donors (Lipinski definition) is 3. The normalized spacial score (nSPS) is 11.4. The minimum absolute atomic E-state index is 0.00796. The monoisotopic (exact) mass is 370 g/mol. The van der Waals surface area contributed by atoms with Gasteiger partial charge in [0.05, 0.1) is 31.3 Å². The second-order valence-electron chi connectivity index (χ2n) is 5.12. The number of non-ortho nitro benzene ring substituents is 1. The summed E-state index contributed by atoms with van der Waals surface area (Å²) in [6.07, 6.45) is 3.10. The van der Waals surface area contributed by atoms with Gasteiger partial charge >= 0.3 is 0 Å². The van der Waals surface area contributed by atoms with E-state index < -0.39 is 4.92 Å². The molecule has 8 nitrogen and oxygen atoms in total. The quantitative estimate of drug-likeness (QED) is 0.168. The number of nitrogens with one attached hydrogen (secondary N) is 2. The molecular formula is C16H26N4O4S. The number of nitrogens with zero attached hydrogens (tertiary/aromatic N) is 2. The standard InChI is InChI=1S/C16H26N4O4S/c1-25-12-2-7-17-16(18-8-10-24-11-9-21)19-13-14-3-5-15(6-4-14)20(22)23/h3-6,21H,2,7-13H2,1H3,(H2,17,18,19). The van der Waals surface area contributed by atoms with Crippen LogP contribution in [0.2, 0.25) is 0 Å². The van der Waals surface area contributed by atoms with E-state index in [-0.39, 0.29) is 12.3 Å². The van der Waals surface area contributed by atoms with E-state index in [9.17, 15) is 10.1 Å². The first-order valence-electron chi connectivity index (χ1n) is 8.10. The highest BCUT2D eigenvalue weighted by atomic mass is 32.2. The third-order valence-corrected chi connectivity index (χ3v) is 3.86. The lowest BCUT2D eigenvalue weighted by Crippen LogP contribution is -2.39. The van der Waals surface area contributed by atoms with Crippen molar-refractivity contribution in [2.45, 2.75) is 13.0 Å². The van der Waals surface area contributed by atoms with E-state index in [1.54, 1.807) is 23.9 Å². The molecule has 0 atom stereocenters. The molecule has 1 aromatic carbocycles. The van der Waals surface area contributed by atoms with Crippen molar-refractivity contribution in [3.05, 3.63) is 39.9 Å². The molecule has 25 heavy (non-hydrogen) atoms. The number of aliphatic imine (C=N–C) groups is 1. The fourth-order valence-corrected chi connectivity index (χ4v) is 2.33. The number of benzene rings is 1. The Hall–Kier alpha value is -1.84. The number of guanidine groups is 1. The Bertz CT molecular complexity index is 525. The van der Waals surface area contributed by atoms with Crippen molar-refractivity contribution in [2.24, 2.45) is 4.99 Å². The lowest BCUT2D eigenvalue weighted by molar-refractivity contribution is -0.384. The Balaban J connectivity index is 2.52. The van der Waals surface area contributed by atoms with Gasteiger partial charge in [-0.2, -0.15) is 11.8 Å². The van der Waals surface area contributed by atoms with E-state index in [1.807, 2.05) is 0 Å². The van der Waals surface area contributed by atoms with E-state index in [0.717, 1.165) is 24.3 Å². The van der Waals surface area contributed by atoms with Gasteiger partial charge in [-0.3, -0.25) is 10.1 Å². The summed E-state index contributed by atoms with van der Waals surface area (Å²) in [4.78, 5) is 14.8. The van der Waals surface area contributed by atoms with Crippen LogP contribution >= 0.6 is 11.8 Å². The number of nitro benzene ring substituents is 1. The summed E-state index contributed by atoms with van der Waals surface area (Å²) in [6, 6.07) is 6.37. The maximum Gasteiger partial charge on any atom is 0.269 e. The minimum atomic E-state index is -0.417. The van der Waals surface area contributed by atoms with Gasteiger partial charge in [-0.1, -0.05) is 12.1 Å². The zero-order chi connectivity index (χ0) is 18.3. The molecule has 140 valence electrons. The van der Waals surface area contributed by atoms with Crippen LogP contribution in [0.1, 0.15) is 12.0 Å². The average molecular weight is 370 g/mol. The van der Waals surface area contributed by atoms with Crippen molar-refractivity contribution >= 4 is 23.4 Å². The van der Waals surface area contributed by atoms with Gasteiger partial charge in [0.2, 0.25) is 0 Å². The highest BCUT2D eigenvalue weighted by Gasteiger charge is 2.04. The van der Waals surface area contributed by atoms with Crippen molar-refractivity contribution in [1.29, 1.82) is 0 Å². The van der Waals surface area contributed by atoms with E-state index in [2.05, 4.69) is 21.9 Å². The summed E-state index contributed by atoms with van der Waals surface area (Å²) in [5.41, 5.74) is 0.967. The molecule has 0 aliphatic carbocycles. The van der Waals surface area contributed by atoms with Gasteiger partial charge in [0.1, 0.15) is 0 Å². The molecule has 0 saturated heterocycles. The van der Waals surface area contributed by atoms with Crippen LogP contribution in [0, 0.1) is 10.1 Å². The van der Waals surface area contributed by atoms with Crippen LogP contribution in [0.5, 0.6) is 0 Å². The molecule has 3 N–H and O–H groups in total. The zero-order valence-electron chi connectivity index (χ0n) is 14.4. The summed E-state index contributed by atoms with van der Waals surface area (Å²) in [7, 11) is 0. The zero-order valence-corrected chi connectivity index (χ0v) is 15.3. The van der Waals surface area contributed by atoms with Gasteiger partial charge in [0, 0.05) is 25.2 Å². The van der Waals surface area contributed by atoms with Gasteiger partial charge in [0.15, 0.2) is 5.96 Å². The number of nitro groups is 1. The van der Waals surface area contributed by atoms with Gasteiger partial charge in [-0.15, -0.1) is 0 Å². The van der Waals surface area contributed by atoms with Crippen LogP contribution in [-0.2, 0) is 11.3 Å². The molecule has 0 fully saturated rings. The van der Waals surface area contributed by atoms with Crippen molar-refractivity contribution in [2.75, 3.05) is 44.9 Å². The summed E-state index contributed by atoms with van der Waals surface area (Å²) < 4.78 is 5.21. The Morgan fingerprint density at radius 3 is 2.64 bits per heavy atom. The Morgan fingerprint density at radius 2 is 2.00 bits per heavy atom. The van der Waals surface area contributed by atoms with Crippen molar-refractivity contribution < 1.29 is 14.8 Å². The topological polar surface area (TPSA) is 109 Å². The largest absolute Gasteiger partial charge is 0.394 e. The van der Waals surface area contributed by atoms with Crippen LogP contribution in [0.3, 0.4) is 0 Å². The second-order valence-corrected chi connectivity index (χ2v) is 6.11. The fraction of sp³-hybridized carbons (Fsp3) is 0.562. The third-order valence-electron chi connectivity index (χ3n) is 3.16. The summed E-state index contributed by atoms with van der Waals surface area (Å²) in [6.45, 7) is 2.61. The molecule has 1 rings (SSSR count). The molecule has 9 heteroatoms. The molecule has 0 saturated carbocycles. The third kappa shape index (κ3) is 9.90. The Kier molecular flexibility index (Phi) is 11.4. The predicted octanol–water partition coefficient (Wildman–Crippen LogP) is 1.39. The molecule has 0 aromatic heterocycles. The molecule has 0 heterocycles. The van der Waals surface area contributed by atoms with Gasteiger partial charge < -0.3 is 20.5 Å². The van der Waals surface area contributed by atoms with Crippen molar-refractivity contribution in [3.8, 4) is 0 Å². The maximum absolute atomic E-state index is 10.7. The molecule has 1 aromatic rings. The number of aliphatic hydroxyl groups excluding tert-OH is 1. The highest BCUT2D eigenvalue weighted by Crippen LogP contribution is 2.12. The Morgan fingerprint density at radius 1 is 1.28 bits per heavy atom. The maximum atomic E-state index is 10.7. The highest BCUT2D eigenvalue weighted by molar-refractivity contribution is 7.98. The first-order chi connectivity index (χ1) is 12.2. The lowest BCUT2D eigenvalue weighted by atomic mass is 10.2. The van der Waals surface area contributed by atoms with E-state index in [4.69, 9.17) is 9.84 Å². The number of ether oxygens (including phenoxy) is 1.